The van der Waals surface area contributed by atoms with Crippen LogP contribution in [0.2, 0.25) is 0 Å². The SMILES string of the molecule is COc1ccc(-n2c(N)c(-c3nc4ccccc4n3C)c3nc4ccccc4nc32)cc1OC. The maximum absolute atomic E-state index is 6.85. The topological polar surface area (TPSA) is 93.0 Å². The van der Waals surface area contributed by atoms with Gasteiger partial charge in [0.1, 0.15) is 17.2 Å². The van der Waals surface area contributed by atoms with Crippen LogP contribution in [0.4, 0.5) is 5.82 Å². The molecule has 34 heavy (non-hydrogen) atoms. The van der Waals surface area contributed by atoms with E-state index in [-0.39, 0.29) is 0 Å². The second-order valence-electron chi connectivity index (χ2n) is 8.00. The molecule has 6 aromatic rings. The molecule has 0 fully saturated rings. The summed E-state index contributed by atoms with van der Waals surface area (Å²) in [5, 5.41) is 0. The highest BCUT2D eigenvalue weighted by atomic mass is 16.5. The van der Waals surface area contributed by atoms with Gasteiger partial charge in [0, 0.05) is 13.1 Å². The molecule has 3 aromatic heterocycles. The summed E-state index contributed by atoms with van der Waals surface area (Å²) in [6.07, 6.45) is 0. The Morgan fingerprint density at radius 3 is 2.15 bits per heavy atom. The number of rotatable bonds is 4. The molecular formula is C26H22N6O2. The zero-order valence-electron chi connectivity index (χ0n) is 19.0. The fraction of sp³-hybridized carbons (Fsp3) is 0.115. The molecule has 0 atom stereocenters. The molecule has 0 aliphatic heterocycles. The van der Waals surface area contributed by atoms with Crippen LogP contribution < -0.4 is 15.2 Å². The molecule has 0 spiro atoms. The molecule has 0 saturated heterocycles. The number of aryl methyl sites for hydroxylation is 1. The van der Waals surface area contributed by atoms with Crippen LogP contribution in [0.1, 0.15) is 0 Å². The highest BCUT2D eigenvalue weighted by Gasteiger charge is 2.25. The fourth-order valence-corrected chi connectivity index (χ4v) is 4.48. The minimum Gasteiger partial charge on any atom is -0.493 e. The van der Waals surface area contributed by atoms with Gasteiger partial charge < -0.3 is 19.8 Å². The van der Waals surface area contributed by atoms with Crippen molar-refractivity contribution in [2.24, 2.45) is 7.05 Å². The number of para-hydroxylation sites is 4. The summed E-state index contributed by atoms with van der Waals surface area (Å²) >= 11 is 0. The van der Waals surface area contributed by atoms with Gasteiger partial charge >= 0.3 is 0 Å². The molecule has 2 N–H and O–H groups in total. The zero-order valence-corrected chi connectivity index (χ0v) is 19.0. The second-order valence-corrected chi connectivity index (χ2v) is 8.00. The van der Waals surface area contributed by atoms with Crippen molar-refractivity contribution in [2.75, 3.05) is 20.0 Å². The lowest BCUT2D eigenvalue weighted by atomic mass is 10.2. The third-order valence-corrected chi connectivity index (χ3v) is 6.13. The number of hydrogen-bond acceptors (Lipinski definition) is 6. The first kappa shape index (κ1) is 20.0. The number of benzene rings is 3. The van der Waals surface area contributed by atoms with Crippen LogP contribution in [0.25, 0.3) is 50.3 Å². The van der Waals surface area contributed by atoms with E-state index in [9.17, 15) is 0 Å². The van der Waals surface area contributed by atoms with Gasteiger partial charge in [0.25, 0.3) is 0 Å². The average molecular weight is 451 g/mol. The lowest BCUT2D eigenvalue weighted by molar-refractivity contribution is 0.355. The molecule has 3 aromatic carbocycles. The maximum atomic E-state index is 6.85. The van der Waals surface area contributed by atoms with Gasteiger partial charge in [-0.05, 0) is 36.4 Å². The molecule has 0 unspecified atom stereocenters. The number of hydrogen-bond donors (Lipinski definition) is 1. The first-order valence-corrected chi connectivity index (χ1v) is 10.8. The van der Waals surface area contributed by atoms with E-state index < -0.39 is 0 Å². The zero-order chi connectivity index (χ0) is 23.4. The van der Waals surface area contributed by atoms with Crippen molar-refractivity contribution < 1.29 is 9.47 Å². The lowest BCUT2D eigenvalue weighted by Crippen LogP contribution is -2.03. The van der Waals surface area contributed by atoms with Crippen molar-refractivity contribution in [3.63, 3.8) is 0 Å². The van der Waals surface area contributed by atoms with Gasteiger partial charge in [0.2, 0.25) is 0 Å². The van der Waals surface area contributed by atoms with Crippen molar-refractivity contribution in [3.05, 3.63) is 66.7 Å². The number of anilines is 1. The summed E-state index contributed by atoms with van der Waals surface area (Å²) < 4.78 is 14.9. The second kappa shape index (κ2) is 7.48. The van der Waals surface area contributed by atoms with Gasteiger partial charge in [-0.15, -0.1) is 0 Å². The van der Waals surface area contributed by atoms with E-state index in [2.05, 4.69) is 0 Å². The molecule has 0 saturated carbocycles. The van der Waals surface area contributed by atoms with Crippen molar-refractivity contribution in [1.29, 1.82) is 0 Å². The van der Waals surface area contributed by atoms with Crippen molar-refractivity contribution in [1.82, 2.24) is 24.1 Å². The van der Waals surface area contributed by atoms with Gasteiger partial charge in [0.05, 0.1) is 47.5 Å². The summed E-state index contributed by atoms with van der Waals surface area (Å²) in [7, 11) is 5.20. The summed E-state index contributed by atoms with van der Waals surface area (Å²) in [6.45, 7) is 0. The van der Waals surface area contributed by atoms with Crippen molar-refractivity contribution >= 4 is 39.0 Å². The Morgan fingerprint density at radius 2 is 1.44 bits per heavy atom. The number of nitrogen functional groups attached to an aromatic ring is 1. The number of nitrogens with zero attached hydrogens (tertiary/aromatic N) is 5. The van der Waals surface area contributed by atoms with Gasteiger partial charge in [-0.2, -0.15) is 0 Å². The normalized spacial score (nSPS) is 11.5. The van der Waals surface area contributed by atoms with Crippen LogP contribution in [0.5, 0.6) is 11.5 Å². The molecule has 0 aliphatic carbocycles. The molecule has 0 amide bonds. The Hall–Kier alpha value is -4.59. The highest BCUT2D eigenvalue weighted by molar-refractivity contribution is 6.02. The Kier molecular flexibility index (Phi) is 4.41. The monoisotopic (exact) mass is 450 g/mol. The molecule has 0 aliphatic rings. The van der Waals surface area contributed by atoms with Crippen molar-refractivity contribution in [3.8, 4) is 28.6 Å². The van der Waals surface area contributed by atoms with Crippen LogP contribution in [0, 0.1) is 0 Å². The summed E-state index contributed by atoms with van der Waals surface area (Å²) in [5.41, 5.74) is 13.2. The van der Waals surface area contributed by atoms with E-state index in [0.717, 1.165) is 39.1 Å². The summed E-state index contributed by atoms with van der Waals surface area (Å²) in [4.78, 5) is 14.8. The van der Waals surface area contributed by atoms with Crippen LogP contribution in [-0.4, -0.2) is 38.3 Å². The molecule has 6 rings (SSSR count). The standard InChI is InChI=1S/C26H22N6O2/c1-31-19-11-7-6-10-18(19)30-25(31)22-23-26(29-17-9-5-4-8-16(17)28-23)32(24(22)27)15-12-13-20(33-2)21(14-15)34-3/h4-14H,27H2,1-3H3. The molecule has 168 valence electrons. The van der Waals surface area contributed by atoms with E-state index in [1.165, 1.54) is 0 Å². The highest BCUT2D eigenvalue weighted by Crippen LogP contribution is 2.40. The average Bonchev–Trinajstić information content (AvgIpc) is 3.34. The molecule has 8 heteroatoms. The Labute approximate surface area is 195 Å². The van der Waals surface area contributed by atoms with E-state index in [4.69, 9.17) is 30.2 Å². The van der Waals surface area contributed by atoms with E-state index in [1.54, 1.807) is 14.2 Å². The van der Waals surface area contributed by atoms with Gasteiger partial charge in [-0.1, -0.05) is 24.3 Å². The third kappa shape index (κ3) is 2.82. The maximum Gasteiger partial charge on any atom is 0.166 e. The molecule has 0 radical (unpaired) electrons. The van der Waals surface area contributed by atoms with Gasteiger partial charge in [0.15, 0.2) is 17.1 Å². The van der Waals surface area contributed by atoms with E-state index >= 15 is 0 Å². The quantitative estimate of drug-likeness (QED) is 0.418. The van der Waals surface area contributed by atoms with Crippen LogP contribution in [0.3, 0.4) is 0 Å². The minimum atomic E-state index is 0.496. The minimum absolute atomic E-state index is 0.496. The molecular weight excluding hydrogens is 428 g/mol. The summed E-state index contributed by atoms with van der Waals surface area (Å²) in [6, 6.07) is 21.4. The molecule has 3 heterocycles. The van der Waals surface area contributed by atoms with Crippen LogP contribution >= 0.6 is 0 Å². The van der Waals surface area contributed by atoms with E-state index in [1.807, 2.05) is 82.9 Å². The smallest absolute Gasteiger partial charge is 0.166 e. The number of methoxy groups -OCH3 is 2. The van der Waals surface area contributed by atoms with Gasteiger partial charge in [-0.25, -0.2) is 15.0 Å². The predicted octanol–water partition coefficient (Wildman–Crippen LogP) is 4.73. The Balaban J connectivity index is 1.73. The fourth-order valence-electron chi connectivity index (χ4n) is 4.48. The van der Waals surface area contributed by atoms with Gasteiger partial charge in [-0.3, -0.25) is 4.57 Å². The van der Waals surface area contributed by atoms with Crippen LogP contribution in [-0.2, 0) is 7.05 Å². The molecule has 8 nitrogen and oxygen atoms in total. The lowest BCUT2D eigenvalue weighted by Gasteiger charge is -2.12. The largest absolute Gasteiger partial charge is 0.493 e. The Morgan fingerprint density at radius 1 is 0.765 bits per heavy atom. The van der Waals surface area contributed by atoms with Crippen LogP contribution in [0.15, 0.2) is 66.7 Å². The number of ether oxygens (including phenoxy) is 2. The number of aromatic nitrogens is 5. The van der Waals surface area contributed by atoms with E-state index in [0.29, 0.717) is 28.5 Å². The number of imidazole rings is 1. The van der Waals surface area contributed by atoms with Crippen molar-refractivity contribution in [2.45, 2.75) is 0 Å². The predicted molar refractivity (Wildman–Crippen MR) is 134 cm³/mol. The Bertz CT molecular complexity index is 1720. The number of fused-ring (bicyclic) bond motifs is 3. The summed E-state index contributed by atoms with van der Waals surface area (Å²) in [5.74, 6) is 2.45. The molecule has 0 bridgehead atoms. The number of nitrogens with two attached hydrogens (primary N) is 1. The first-order chi connectivity index (χ1) is 16.6. The third-order valence-electron chi connectivity index (χ3n) is 6.13. The first-order valence-electron chi connectivity index (χ1n) is 10.8.